The zero-order chi connectivity index (χ0) is 18.6. The van der Waals surface area contributed by atoms with Crippen LogP contribution in [0.2, 0.25) is 0 Å². The van der Waals surface area contributed by atoms with E-state index in [-0.39, 0.29) is 5.66 Å². The van der Waals surface area contributed by atoms with Crippen LogP contribution < -0.4 is 0 Å². The molecule has 1 aromatic carbocycles. The molecule has 0 spiro atoms. The van der Waals surface area contributed by atoms with Crippen LogP contribution in [0.3, 0.4) is 0 Å². The van der Waals surface area contributed by atoms with Crippen molar-refractivity contribution in [1.29, 1.82) is 0 Å². The number of nitrogens with zero attached hydrogens (tertiary/aromatic N) is 4. The standard InChI is InChI=1S/C22H30N4O2/c1-2-7-19-18(6-1)23-21-20(24-9-13-27-14-10-24)17-5-3-4-8-22(17,26(19)21)25-11-15-28-16-12-25/h1-2,6-7,17,20H,3-5,8-16H2/t17-,20-,22+/m1/s1. The van der Waals surface area contributed by atoms with Gasteiger partial charge in [-0.3, -0.25) is 9.80 Å². The Morgan fingerprint density at radius 3 is 2.50 bits per heavy atom. The molecular weight excluding hydrogens is 352 g/mol. The predicted molar refractivity (Wildman–Crippen MR) is 107 cm³/mol. The number of hydrogen-bond acceptors (Lipinski definition) is 5. The first kappa shape index (κ1) is 17.4. The van der Waals surface area contributed by atoms with Crippen molar-refractivity contribution in [1.82, 2.24) is 19.4 Å². The molecule has 1 saturated carbocycles. The maximum atomic E-state index is 5.74. The van der Waals surface area contributed by atoms with Crippen molar-refractivity contribution in [3.8, 4) is 0 Å². The molecule has 6 nitrogen and oxygen atoms in total. The van der Waals surface area contributed by atoms with Crippen LogP contribution in [-0.2, 0) is 15.1 Å². The van der Waals surface area contributed by atoms with Crippen LogP contribution in [0.25, 0.3) is 11.0 Å². The second kappa shape index (κ2) is 6.80. The van der Waals surface area contributed by atoms with Crippen molar-refractivity contribution >= 4 is 11.0 Å². The third-order valence-corrected chi connectivity index (χ3v) is 7.52. The molecule has 1 aliphatic carbocycles. The molecule has 28 heavy (non-hydrogen) atoms. The predicted octanol–water partition coefficient (Wildman–Crippen LogP) is 2.60. The summed E-state index contributed by atoms with van der Waals surface area (Å²) in [7, 11) is 0. The minimum atomic E-state index is 0.0520. The van der Waals surface area contributed by atoms with Gasteiger partial charge in [0, 0.05) is 32.1 Å². The number of aromatic nitrogens is 2. The first-order chi connectivity index (χ1) is 13.9. The van der Waals surface area contributed by atoms with E-state index < -0.39 is 0 Å². The van der Waals surface area contributed by atoms with Crippen LogP contribution >= 0.6 is 0 Å². The summed E-state index contributed by atoms with van der Waals surface area (Å²) in [6.45, 7) is 7.46. The van der Waals surface area contributed by atoms with Crippen molar-refractivity contribution in [3.63, 3.8) is 0 Å². The minimum absolute atomic E-state index is 0.0520. The van der Waals surface area contributed by atoms with Crippen molar-refractivity contribution in [2.45, 2.75) is 37.4 Å². The third-order valence-electron chi connectivity index (χ3n) is 7.52. The monoisotopic (exact) mass is 382 g/mol. The first-order valence-corrected chi connectivity index (χ1v) is 11.0. The summed E-state index contributed by atoms with van der Waals surface area (Å²) >= 11 is 0. The SMILES string of the molecule is c1ccc2c(c1)nc1n2[C@@]2(N3CCOCC3)CCCC[C@@H]2[C@H]1N1CCOCC1. The zero-order valence-electron chi connectivity index (χ0n) is 16.6. The van der Waals surface area contributed by atoms with E-state index in [0.29, 0.717) is 12.0 Å². The minimum Gasteiger partial charge on any atom is -0.379 e. The second-order valence-corrected chi connectivity index (χ2v) is 8.72. The average Bonchev–Trinajstić information content (AvgIpc) is 3.28. The Bertz CT molecular complexity index is 855. The number of ether oxygens (including phenoxy) is 2. The van der Waals surface area contributed by atoms with Gasteiger partial charge in [-0.25, -0.2) is 4.98 Å². The summed E-state index contributed by atoms with van der Waals surface area (Å²) in [5, 5.41) is 0. The van der Waals surface area contributed by atoms with Crippen LogP contribution in [0.4, 0.5) is 0 Å². The number of benzene rings is 1. The molecule has 3 aliphatic heterocycles. The Hall–Kier alpha value is -1.47. The molecule has 150 valence electrons. The normalized spacial score (nSPS) is 34.4. The number of morpholine rings is 2. The molecular formula is C22H30N4O2. The molecule has 0 N–H and O–H groups in total. The van der Waals surface area contributed by atoms with Gasteiger partial charge in [-0.1, -0.05) is 18.6 Å². The van der Waals surface area contributed by atoms with E-state index in [4.69, 9.17) is 14.5 Å². The van der Waals surface area contributed by atoms with Gasteiger partial charge in [0.1, 0.15) is 11.5 Å². The molecule has 0 bridgehead atoms. The first-order valence-electron chi connectivity index (χ1n) is 11.0. The molecule has 1 aromatic heterocycles. The van der Waals surface area contributed by atoms with Crippen LogP contribution in [0.1, 0.15) is 37.5 Å². The lowest BCUT2D eigenvalue weighted by atomic mass is 9.75. The summed E-state index contributed by atoms with van der Waals surface area (Å²) in [6, 6.07) is 9.15. The summed E-state index contributed by atoms with van der Waals surface area (Å²) in [5.41, 5.74) is 2.51. The third kappa shape index (κ3) is 2.38. The smallest absolute Gasteiger partial charge is 0.129 e. The van der Waals surface area contributed by atoms with E-state index in [1.807, 2.05) is 0 Å². The fraction of sp³-hybridized carbons (Fsp3) is 0.682. The highest BCUT2D eigenvalue weighted by Crippen LogP contribution is 2.57. The molecule has 2 aromatic rings. The quantitative estimate of drug-likeness (QED) is 0.799. The van der Waals surface area contributed by atoms with E-state index >= 15 is 0 Å². The lowest BCUT2D eigenvalue weighted by Crippen LogP contribution is -2.59. The van der Waals surface area contributed by atoms with E-state index in [1.165, 1.54) is 37.0 Å². The van der Waals surface area contributed by atoms with E-state index in [2.05, 4.69) is 38.6 Å². The largest absolute Gasteiger partial charge is 0.379 e. The summed E-state index contributed by atoms with van der Waals surface area (Å²) in [4.78, 5) is 10.7. The Morgan fingerprint density at radius 1 is 0.929 bits per heavy atom. The van der Waals surface area contributed by atoms with Crippen LogP contribution in [0, 0.1) is 5.92 Å². The number of hydrogen-bond donors (Lipinski definition) is 0. The molecule has 0 amide bonds. The van der Waals surface area contributed by atoms with Crippen molar-refractivity contribution < 1.29 is 9.47 Å². The molecule has 6 heteroatoms. The van der Waals surface area contributed by atoms with Gasteiger partial charge in [-0.2, -0.15) is 0 Å². The Morgan fingerprint density at radius 2 is 1.68 bits per heavy atom. The zero-order valence-corrected chi connectivity index (χ0v) is 16.6. The highest BCUT2D eigenvalue weighted by Gasteiger charge is 2.59. The van der Waals surface area contributed by atoms with Gasteiger partial charge in [-0.05, 0) is 31.4 Å². The summed E-state index contributed by atoms with van der Waals surface area (Å²) < 4.78 is 14.1. The number of imidazole rings is 1. The lowest BCUT2D eigenvalue weighted by Gasteiger charge is -2.52. The Balaban J connectivity index is 1.56. The maximum absolute atomic E-state index is 5.74. The van der Waals surface area contributed by atoms with Crippen molar-refractivity contribution in [2.24, 2.45) is 5.92 Å². The fourth-order valence-electron chi connectivity index (χ4n) is 6.44. The average molecular weight is 383 g/mol. The van der Waals surface area contributed by atoms with Crippen LogP contribution in [0.5, 0.6) is 0 Å². The molecule has 6 rings (SSSR count). The Kier molecular flexibility index (Phi) is 4.22. The molecule has 3 fully saturated rings. The number of para-hydroxylation sites is 2. The van der Waals surface area contributed by atoms with Gasteiger partial charge in [0.2, 0.25) is 0 Å². The summed E-state index contributed by atoms with van der Waals surface area (Å²) in [6.07, 6.45) is 5.15. The molecule has 0 unspecified atom stereocenters. The van der Waals surface area contributed by atoms with E-state index in [0.717, 1.165) is 58.1 Å². The fourth-order valence-corrected chi connectivity index (χ4v) is 6.44. The Labute approximate surface area is 166 Å². The van der Waals surface area contributed by atoms with E-state index in [9.17, 15) is 0 Å². The van der Waals surface area contributed by atoms with Gasteiger partial charge in [0.15, 0.2) is 0 Å². The van der Waals surface area contributed by atoms with Gasteiger partial charge in [0.05, 0.1) is 43.5 Å². The van der Waals surface area contributed by atoms with Gasteiger partial charge >= 0.3 is 0 Å². The highest BCUT2D eigenvalue weighted by molar-refractivity contribution is 5.77. The summed E-state index contributed by atoms with van der Waals surface area (Å²) in [5.74, 6) is 1.89. The molecule has 4 aliphatic rings. The van der Waals surface area contributed by atoms with Crippen LogP contribution in [0.15, 0.2) is 24.3 Å². The molecule has 4 heterocycles. The van der Waals surface area contributed by atoms with Gasteiger partial charge in [0.25, 0.3) is 0 Å². The molecule has 0 radical (unpaired) electrons. The van der Waals surface area contributed by atoms with E-state index in [1.54, 1.807) is 0 Å². The molecule has 3 atom stereocenters. The van der Waals surface area contributed by atoms with Gasteiger partial charge < -0.3 is 14.0 Å². The number of fused-ring (bicyclic) bond motifs is 5. The second-order valence-electron chi connectivity index (χ2n) is 8.72. The van der Waals surface area contributed by atoms with Crippen molar-refractivity contribution in [3.05, 3.63) is 30.1 Å². The van der Waals surface area contributed by atoms with Gasteiger partial charge in [-0.15, -0.1) is 0 Å². The number of rotatable bonds is 2. The maximum Gasteiger partial charge on any atom is 0.129 e. The van der Waals surface area contributed by atoms with Crippen molar-refractivity contribution in [2.75, 3.05) is 52.6 Å². The topological polar surface area (TPSA) is 42.8 Å². The lowest BCUT2D eigenvalue weighted by molar-refractivity contribution is -0.112. The highest BCUT2D eigenvalue weighted by atomic mass is 16.5. The van der Waals surface area contributed by atoms with Crippen LogP contribution in [-0.4, -0.2) is 72.0 Å². The molecule has 2 saturated heterocycles.